The second-order valence-corrected chi connectivity index (χ2v) is 9.40. The van der Waals surface area contributed by atoms with Crippen LogP contribution in [0.15, 0.2) is 61.6 Å². The lowest BCUT2D eigenvalue weighted by Gasteiger charge is -2.33. The van der Waals surface area contributed by atoms with Gasteiger partial charge in [0.1, 0.15) is 5.65 Å². The van der Waals surface area contributed by atoms with E-state index >= 15 is 0 Å². The van der Waals surface area contributed by atoms with Gasteiger partial charge in [-0.1, -0.05) is 36.9 Å². The third-order valence-electron chi connectivity index (χ3n) is 6.90. The zero-order valence-electron chi connectivity index (χ0n) is 19.3. The fourth-order valence-electron chi connectivity index (χ4n) is 4.86. The molecule has 168 valence electrons. The van der Waals surface area contributed by atoms with Crippen LogP contribution < -0.4 is 4.90 Å². The van der Waals surface area contributed by atoms with Crippen molar-refractivity contribution in [3.63, 3.8) is 0 Å². The molecule has 33 heavy (non-hydrogen) atoms. The Balaban J connectivity index is 1.46. The average Bonchev–Trinajstić information content (AvgIpc) is 3.53. The summed E-state index contributed by atoms with van der Waals surface area (Å²) >= 11 is 0. The van der Waals surface area contributed by atoms with Crippen LogP contribution in [0.2, 0.25) is 0 Å². The van der Waals surface area contributed by atoms with Crippen molar-refractivity contribution >= 4 is 22.3 Å². The Kier molecular flexibility index (Phi) is 5.92. The van der Waals surface area contributed by atoms with Crippen LogP contribution in [0.4, 0.5) is 5.69 Å². The van der Waals surface area contributed by atoms with E-state index in [9.17, 15) is 5.26 Å². The van der Waals surface area contributed by atoms with E-state index in [2.05, 4.69) is 76.0 Å². The number of piperidine rings is 1. The minimum Gasteiger partial charge on any atom is -0.380 e. The Morgan fingerprint density at radius 3 is 2.64 bits per heavy atom. The number of anilines is 1. The van der Waals surface area contributed by atoms with Gasteiger partial charge in [0.2, 0.25) is 0 Å². The van der Waals surface area contributed by atoms with Crippen LogP contribution in [0, 0.1) is 23.2 Å². The van der Waals surface area contributed by atoms with E-state index in [0.717, 1.165) is 66.1 Å². The minimum absolute atomic E-state index is 0.162. The van der Waals surface area contributed by atoms with Crippen molar-refractivity contribution in [1.82, 2.24) is 14.9 Å². The maximum Gasteiger partial charge on any atom is 0.139 e. The normalized spacial score (nSPS) is 17.2. The van der Waals surface area contributed by atoms with Crippen molar-refractivity contribution in [2.45, 2.75) is 25.7 Å². The summed E-state index contributed by atoms with van der Waals surface area (Å²) in [5, 5.41) is 10.5. The number of rotatable bonds is 7. The number of pyridine rings is 1. The quantitative estimate of drug-likeness (QED) is 0.472. The van der Waals surface area contributed by atoms with E-state index in [0.29, 0.717) is 0 Å². The molecule has 0 spiro atoms. The highest BCUT2D eigenvalue weighted by Crippen LogP contribution is 2.38. The first-order valence-corrected chi connectivity index (χ1v) is 11.9. The highest BCUT2D eigenvalue weighted by molar-refractivity contribution is 5.99. The van der Waals surface area contributed by atoms with Gasteiger partial charge in [0.05, 0.1) is 11.8 Å². The van der Waals surface area contributed by atoms with Gasteiger partial charge in [0.15, 0.2) is 0 Å². The topological polar surface area (TPSA) is 59.0 Å². The molecule has 0 radical (unpaired) electrons. The number of nitriles is 1. The highest BCUT2D eigenvalue weighted by atomic mass is 15.1. The Morgan fingerprint density at radius 1 is 1.21 bits per heavy atom. The summed E-state index contributed by atoms with van der Waals surface area (Å²) in [6, 6.07) is 13.3. The molecule has 0 amide bonds. The Hall–Kier alpha value is -3.52. The van der Waals surface area contributed by atoms with E-state index in [-0.39, 0.29) is 5.92 Å². The number of hydrogen-bond acceptors (Lipinski definition) is 4. The number of H-pyrrole nitrogens is 1. The van der Waals surface area contributed by atoms with E-state index in [1.165, 1.54) is 24.1 Å². The zero-order valence-corrected chi connectivity index (χ0v) is 19.3. The van der Waals surface area contributed by atoms with Gasteiger partial charge in [-0.05, 0) is 54.4 Å². The monoisotopic (exact) mass is 437 g/mol. The molecule has 2 aliphatic rings. The van der Waals surface area contributed by atoms with E-state index in [4.69, 9.17) is 0 Å². The molecule has 5 nitrogen and oxygen atoms in total. The molecule has 0 unspecified atom stereocenters. The van der Waals surface area contributed by atoms with Gasteiger partial charge in [-0.3, -0.25) is 0 Å². The number of nitrogens with zero attached hydrogens (tertiary/aromatic N) is 4. The number of aromatic amines is 1. The second-order valence-electron chi connectivity index (χ2n) is 9.40. The molecule has 1 aliphatic carbocycles. The number of allylic oxidation sites excluding steroid dienone is 2. The van der Waals surface area contributed by atoms with Crippen molar-refractivity contribution < 1.29 is 0 Å². The van der Waals surface area contributed by atoms with Crippen molar-refractivity contribution in [3.8, 4) is 17.2 Å². The number of nitrogens with one attached hydrogen (secondary N) is 1. The largest absolute Gasteiger partial charge is 0.380 e. The molecule has 1 aliphatic heterocycles. The van der Waals surface area contributed by atoms with Gasteiger partial charge in [-0.25, -0.2) is 4.98 Å². The third-order valence-corrected chi connectivity index (χ3v) is 6.90. The Morgan fingerprint density at radius 2 is 1.97 bits per heavy atom. The molecule has 0 bridgehead atoms. The van der Waals surface area contributed by atoms with Gasteiger partial charge in [-0.2, -0.15) is 5.26 Å². The fourth-order valence-corrected chi connectivity index (χ4v) is 4.86. The lowest BCUT2D eigenvalue weighted by molar-refractivity contribution is 0.433. The smallest absolute Gasteiger partial charge is 0.139 e. The lowest BCUT2D eigenvalue weighted by atomic mass is 9.95. The molecular weight excluding hydrogens is 406 g/mol. The first-order valence-electron chi connectivity index (χ1n) is 11.9. The van der Waals surface area contributed by atoms with Crippen LogP contribution in [0.25, 0.3) is 27.7 Å². The maximum atomic E-state index is 9.31. The molecule has 2 aromatic heterocycles. The molecular formula is C28H31N5. The summed E-state index contributed by atoms with van der Waals surface area (Å²) in [5.74, 6) is 1.02. The molecule has 1 aromatic carbocycles. The number of benzene rings is 1. The van der Waals surface area contributed by atoms with Crippen molar-refractivity contribution in [2.75, 3.05) is 31.6 Å². The van der Waals surface area contributed by atoms with E-state index in [1.54, 1.807) is 0 Å². The molecule has 2 fully saturated rings. The molecule has 5 heteroatoms. The molecule has 5 rings (SSSR count). The third kappa shape index (κ3) is 4.52. The van der Waals surface area contributed by atoms with Crippen LogP contribution in [0.5, 0.6) is 0 Å². The molecule has 0 atom stereocenters. The summed E-state index contributed by atoms with van der Waals surface area (Å²) in [6.45, 7) is 6.95. The zero-order chi connectivity index (χ0) is 22.8. The van der Waals surface area contributed by atoms with Crippen molar-refractivity contribution in [3.05, 3.63) is 67.1 Å². The number of fused-ring (bicyclic) bond motifs is 1. The summed E-state index contributed by atoms with van der Waals surface area (Å²) < 4.78 is 0. The molecule has 3 heterocycles. The van der Waals surface area contributed by atoms with E-state index in [1.807, 2.05) is 18.5 Å². The van der Waals surface area contributed by atoms with Gasteiger partial charge in [-0.15, -0.1) is 0 Å². The van der Waals surface area contributed by atoms with Crippen LogP contribution in [0.3, 0.4) is 0 Å². The number of hydrogen-bond donors (Lipinski definition) is 1. The highest BCUT2D eigenvalue weighted by Gasteiger charge is 2.24. The first-order chi connectivity index (χ1) is 16.2. The van der Waals surface area contributed by atoms with Gasteiger partial charge in [0, 0.05) is 62.1 Å². The summed E-state index contributed by atoms with van der Waals surface area (Å²) in [7, 11) is 2.15. The molecule has 1 saturated heterocycles. The maximum absolute atomic E-state index is 9.31. The van der Waals surface area contributed by atoms with Crippen molar-refractivity contribution in [1.29, 1.82) is 5.26 Å². The fraction of sp³-hybridized carbons (Fsp3) is 0.357. The minimum atomic E-state index is 0.162. The molecule has 1 saturated carbocycles. The predicted molar refractivity (Wildman–Crippen MR) is 136 cm³/mol. The standard InChI is InChI=1S/C28H31N5/c1-3-22(19-32(2)18-21-4-5-21)23-6-8-24(9-7-23)26-17-31-28-25(10-13-30-28)27(26)33-14-11-20(16-29)12-15-33/h3,6-10,13,17,19-21H,1,4-5,11-12,14-15,18H2,2H3,(H,30,31)/b22-19+. The molecule has 3 aromatic rings. The Bertz CT molecular complexity index is 1200. The van der Waals surface area contributed by atoms with Crippen LogP contribution in [-0.2, 0) is 0 Å². The second kappa shape index (κ2) is 9.15. The first kappa shape index (κ1) is 21.3. The summed E-state index contributed by atoms with van der Waals surface area (Å²) in [6.07, 6.45) is 12.6. The van der Waals surface area contributed by atoms with E-state index < -0.39 is 0 Å². The van der Waals surface area contributed by atoms with Crippen LogP contribution >= 0.6 is 0 Å². The lowest BCUT2D eigenvalue weighted by Crippen LogP contribution is -2.33. The van der Waals surface area contributed by atoms with Gasteiger partial charge in [0.25, 0.3) is 0 Å². The number of aromatic nitrogens is 2. The SMILES string of the molecule is C=C/C(=C\N(C)CC1CC1)c1ccc(-c2cnc3[nH]ccc3c2N2CCC(C#N)CC2)cc1. The average molecular weight is 438 g/mol. The summed E-state index contributed by atoms with van der Waals surface area (Å²) in [5.41, 5.74) is 6.73. The van der Waals surface area contributed by atoms with Crippen molar-refractivity contribution in [2.24, 2.45) is 11.8 Å². The predicted octanol–water partition coefficient (Wildman–Crippen LogP) is 5.84. The Labute approximate surface area is 196 Å². The van der Waals surface area contributed by atoms with Gasteiger partial charge >= 0.3 is 0 Å². The van der Waals surface area contributed by atoms with Crippen LogP contribution in [-0.4, -0.2) is 41.5 Å². The molecule has 1 N–H and O–H groups in total. The van der Waals surface area contributed by atoms with Crippen LogP contribution in [0.1, 0.15) is 31.2 Å². The van der Waals surface area contributed by atoms with Gasteiger partial charge < -0.3 is 14.8 Å². The summed E-state index contributed by atoms with van der Waals surface area (Å²) in [4.78, 5) is 12.6.